The highest BCUT2D eigenvalue weighted by Crippen LogP contribution is 2.36. The molecule has 4 rings (SSSR count). The molecule has 0 saturated carbocycles. The highest BCUT2D eigenvalue weighted by molar-refractivity contribution is 7.99. The molecule has 1 unspecified atom stereocenters. The molecule has 0 amide bonds. The second-order valence-electron chi connectivity index (χ2n) is 8.12. The van der Waals surface area contributed by atoms with E-state index in [0.717, 1.165) is 16.6 Å². The van der Waals surface area contributed by atoms with E-state index in [1.165, 1.54) is 18.8 Å². The Hall–Kier alpha value is -3.27. The number of fused-ring (bicyclic) bond motifs is 1. The van der Waals surface area contributed by atoms with Gasteiger partial charge in [0.15, 0.2) is 5.65 Å². The van der Waals surface area contributed by atoms with Gasteiger partial charge in [-0.3, -0.25) is 13.9 Å². The zero-order valence-electron chi connectivity index (χ0n) is 19.3. The second-order valence-corrected chi connectivity index (χ2v) is 9.45. The summed E-state index contributed by atoms with van der Waals surface area (Å²) >= 11 is 1.35. The first-order valence-corrected chi connectivity index (χ1v) is 11.8. The van der Waals surface area contributed by atoms with Crippen molar-refractivity contribution >= 4 is 22.8 Å². The molecule has 0 fully saturated rings. The van der Waals surface area contributed by atoms with Gasteiger partial charge in [-0.15, -0.1) is 0 Å². The number of nitrogens with zero attached hydrogens (tertiary/aromatic N) is 6. The Kier molecular flexibility index (Phi) is 6.46. The zero-order valence-corrected chi connectivity index (χ0v) is 20.1. The minimum atomic E-state index is -0.414. The van der Waals surface area contributed by atoms with Crippen molar-refractivity contribution in [3.8, 4) is 11.4 Å². The fraction of sp³-hybridized carbons (Fsp3) is 0.391. The van der Waals surface area contributed by atoms with Crippen molar-refractivity contribution in [3.63, 3.8) is 0 Å². The predicted molar refractivity (Wildman–Crippen MR) is 127 cm³/mol. The minimum absolute atomic E-state index is 0.0198. The van der Waals surface area contributed by atoms with Crippen LogP contribution in [0.5, 0.6) is 0 Å². The Balaban J connectivity index is 1.82. The van der Waals surface area contributed by atoms with E-state index < -0.39 is 5.56 Å². The Morgan fingerprint density at radius 1 is 1.06 bits per heavy atom. The summed E-state index contributed by atoms with van der Waals surface area (Å²) in [5.41, 5.74) is 0.435. The third-order valence-electron chi connectivity index (χ3n) is 5.24. The van der Waals surface area contributed by atoms with Gasteiger partial charge in [0, 0.05) is 25.1 Å². The molecule has 0 aliphatic carbocycles. The fourth-order valence-corrected chi connectivity index (χ4v) is 4.42. The summed E-state index contributed by atoms with van der Waals surface area (Å²) in [5, 5.41) is 4.65. The van der Waals surface area contributed by atoms with Gasteiger partial charge in [-0.1, -0.05) is 68.0 Å². The molecule has 0 radical (unpaired) electrons. The molecular formula is C23H26N6O3S. The number of rotatable bonds is 7. The average molecular weight is 467 g/mol. The predicted octanol–water partition coefficient (Wildman–Crippen LogP) is 3.93. The van der Waals surface area contributed by atoms with E-state index >= 15 is 0 Å². The summed E-state index contributed by atoms with van der Waals surface area (Å²) in [7, 11) is 1.48. The van der Waals surface area contributed by atoms with E-state index in [1.54, 1.807) is 4.57 Å². The lowest BCUT2D eigenvalue weighted by atomic mass is 10.2. The van der Waals surface area contributed by atoms with Crippen molar-refractivity contribution < 1.29 is 4.52 Å². The summed E-state index contributed by atoms with van der Waals surface area (Å²) < 4.78 is 8.19. The maximum Gasteiger partial charge on any atom is 0.332 e. The molecule has 0 aliphatic rings. The molecule has 3 heterocycles. The normalized spacial score (nSPS) is 12.5. The number of thioether (sulfide) groups is 1. The van der Waals surface area contributed by atoms with E-state index in [4.69, 9.17) is 9.51 Å². The number of hydrogen-bond acceptors (Lipinski definition) is 8. The average Bonchev–Trinajstić information content (AvgIpc) is 3.31. The first-order valence-electron chi connectivity index (χ1n) is 10.9. The van der Waals surface area contributed by atoms with Gasteiger partial charge in [-0.05, 0) is 13.3 Å². The summed E-state index contributed by atoms with van der Waals surface area (Å²) in [4.78, 5) is 39.8. The van der Waals surface area contributed by atoms with Crippen molar-refractivity contribution in [1.82, 2.24) is 29.2 Å². The number of aromatic nitrogens is 6. The fourth-order valence-electron chi connectivity index (χ4n) is 3.44. The lowest BCUT2D eigenvalue weighted by Gasteiger charge is -2.16. The molecule has 4 aromatic rings. The first-order chi connectivity index (χ1) is 15.8. The van der Waals surface area contributed by atoms with Gasteiger partial charge < -0.3 is 4.52 Å². The van der Waals surface area contributed by atoms with Crippen LogP contribution in [0.25, 0.3) is 22.4 Å². The van der Waals surface area contributed by atoms with Gasteiger partial charge in [0.25, 0.3) is 5.56 Å². The van der Waals surface area contributed by atoms with Gasteiger partial charge in [-0.2, -0.15) is 4.98 Å². The van der Waals surface area contributed by atoms with E-state index in [2.05, 4.69) is 15.1 Å². The van der Waals surface area contributed by atoms with Crippen molar-refractivity contribution in [3.05, 3.63) is 62.9 Å². The molecule has 3 aromatic heterocycles. The van der Waals surface area contributed by atoms with Crippen LogP contribution in [0.2, 0.25) is 0 Å². The second kappa shape index (κ2) is 9.30. The third-order valence-corrected chi connectivity index (χ3v) is 6.31. The Morgan fingerprint density at radius 3 is 2.45 bits per heavy atom. The van der Waals surface area contributed by atoms with Crippen molar-refractivity contribution in [2.75, 3.05) is 0 Å². The number of aryl methyl sites for hydroxylation is 1. The van der Waals surface area contributed by atoms with Crippen molar-refractivity contribution in [2.45, 2.75) is 56.9 Å². The zero-order chi connectivity index (χ0) is 23.7. The topological polar surface area (TPSA) is 109 Å². The molecule has 9 nitrogen and oxygen atoms in total. The largest absolute Gasteiger partial charge is 0.338 e. The standard InChI is InChI=1S/C23H26N6O3S/c1-6-12-29-19-16(22(30)28(5)23(29)31)21(26-17(24-19)13(2)3)33-14(4)20-25-18(27-32-20)15-10-8-7-9-11-15/h7-11,13-14H,6,12H2,1-5H3. The van der Waals surface area contributed by atoms with Gasteiger partial charge in [0.1, 0.15) is 16.2 Å². The smallest absolute Gasteiger partial charge is 0.332 e. The molecule has 0 aliphatic heterocycles. The van der Waals surface area contributed by atoms with Crippen LogP contribution < -0.4 is 11.2 Å². The van der Waals surface area contributed by atoms with Crippen LogP contribution in [0.3, 0.4) is 0 Å². The maximum absolute atomic E-state index is 13.1. The van der Waals surface area contributed by atoms with Crippen LogP contribution in [0.1, 0.15) is 57.0 Å². The van der Waals surface area contributed by atoms with E-state index in [9.17, 15) is 9.59 Å². The monoisotopic (exact) mass is 466 g/mol. The molecule has 1 atom stereocenters. The number of benzene rings is 1. The van der Waals surface area contributed by atoms with Crippen molar-refractivity contribution in [1.29, 1.82) is 0 Å². The molecular weight excluding hydrogens is 440 g/mol. The van der Waals surface area contributed by atoms with Crippen LogP contribution >= 0.6 is 11.8 Å². The Labute approximate surface area is 194 Å². The van der Waals surface area contributed by atoms with Gasteiger partial charge in [-0.25, -0.2) is 14.8 Å². The van der Waals surface area contributed by atoms with Crippen LogP contribution in [0.4, 0.5) is 0 Å². The van der Waals surface area contributed by atoms with Crippen LogP contribution in [0.15, 0.2) is 49.5 Å². The van der Waals surface area contributed by atoms with Crippen LogP contribution in [-0.4, -0.2) is 29.2 Å². The quantitative estimate of drug-likeness (QED) is 0.298. The molecule has 0 bridgehead atoms. The van der Waals surface area contributed by atoms with Crippen molar-refractivity contribution in [2.24, 2.45) is 7.05 Å². The van der Waals surface area contributed by atoms with E-state index in [-0.39, 0.29) is 16.9 Å². The molecule has 172 valence electrons. The molecule has 1 aromatic carbocycles. The van der Waals surface area contributed by atoms with Gasteiger partial charge in [0.2, 0.25) is 11.7 Å². The maximum atomic E-state index is 13.1. The summed E-state index contributed by atoms with van der Waals surface area (Å²) in [6, 6.07) is 9.57. The molecule has 33 heavy (non-hydrogen) atoms. The summed E-state index contributed by atoms with van der Waals surface area (Å²) in [5.74, 6) is 1.52. The lowest BCUT2D eigenvalue weighted by molar-refractivity contribution is 0.380. The third kappa shape index (κ3) is 4.35. The minimum Gasteiger partial charge on any atom is -0.338 e. The molecule has 0 spiro atoms. The Morgan fingerprint density at radius 2 is 1.79 bits per heavy atom. The highest BCUT2D eigenvalue weighted by Gasteiger charge is 2.24. The Bertz CT molecular complexity index is 1410. The SMILES string of the molecule is CCCn1c(=O)n(C)c(=O)c2c(SC(C)c3nc(-c4ccccc4)no3)nc(C(C)C)nc21. The molecule has 10 heteroatoms. The van der Waals surface area contributed by atoms with Gasteiger partial charge >= 0.3 is 5.69 Å². The lowest BCUT2D eigenvalue weighted by Crippen LogP contribution is -2.39. The van der Waals surface area contributed by atoms with Gasteiger partial charge in [0.05, 0.1) is 5.25 Å². The van der Waals surface area contributed by atoms with Crippen LogP contribution in [0, 0.1) is 0 Å². The first kappa shape index (κ1) is 22.9. The number of hydrogen-bond donors (Lipinski definition) is 0. The van der Waals surface area contributed by atoms with E-state index in [1.807, 2.05) is 58.0 Å². The molecule has 0 N–H and O–H groups in total. The molecule has 0 saturated heterocycles. The summed E-state index contributed by atoms with van der Waals surface area (Å²) in [6.07, 6.45) is 0.733. The highest BCUT2D eigenvalue weighted by atomic mass is 32.2. The summed E-state index contributed by atoms with van der Waals surface area (Å²) in [6.45, 7) is 8.31. The van der Waals surface area contributed by atoms with Crippen LogP contribution in [-0.2, 0) is 13.6 Å². The van der Waals surface area contributed by atoms with E-state index in [0.29, 0.717) is 40.1 Å².